The van der Waals surface area contributed by atoms with Crippen molar-refractivity contribution in [2.24, 2.45) is 0 Å². The van der Waals surface area contributed by atoms with Crippen molar-refractivity contribution in [2.75, 3.05) is 4.90 Å². The lowest BCUT2D eigenvalue weighted by molar-refractivity contribution is -0.140. The van der Waals surface area contributed by atoms with Crippen LogP contribution in [-0.4, -0.2) is 40.2 Å². The minimum atomic E-state index is -1.15. The zero-order valence-corrected chi connectivity index (χ0v) is 10.9. The first kappa shape index (κ1) is 13.9. The topological polar surface area (TPSA) is 104 Å². The fourth-order valence-electron chi connectivity index (χ4n) is 2.01. The van der Waals surface area contributed by atoms with Gasteiger partial charge in [0, 0.05) is 0 Å². The normalized spacial score (nSPS) is 19.0. The molecule has 0 saturated heterocycles. The number of benzene rings is 1. The second-order valence-electron chi connectivity index (χ2n) is 4.47. The Bertz CT molecular complexity index is 597. The third-order valence-electron chi connectivity index (χ3n) is 3.10. The van der Waals surface area contributed by atoms with Gasteiger partial charge in [0.2, 0.25) is 0 Å². The molecular weight excluding hydrogens is 266 g/mol. The molecule has 0 spiro atoms. The van der Waals surface area contributed by atoms with E-state index in [9.17, 15) is 14.4 Å². The van der Waals surface area contributed by atoms with Crippen LogP contribution in [0.15, 0.2) is 18.2 Å². The standard InChI is InChI=1S/C13H13NO6/c1-6(12(16)17)14-9-4-3-8(13(18)19)5-10(9)20-7(2)11(14)15/h3-7H,1-2H3,(H,16,17)(H,18,19). The molecule has 106 valence electrons. The first-order valence-electron chi connectivity index (χ1n) is 5.92. The molecule has 2 rings (SSSR count). The maximum Gasteiger partial charge on any atom is 0.335 e. The zero-order valence-electron chi connectivity index (χ0n) is 10.9. The summed E-state index contributed by atoms with van der Waals surface area (Å²) in [7, 11) is 0. The van der Waals surface area contributed by atoms with Crippen LogP contribution in [0.25, 0.3) is 0 Å². The van der Waals surface area contributed by atoms with Crippen LogP contribution in [-0.2, 0) is 9.59 Å². The number of aliphatic carboxylic acids is 1. The van der Waals surface area contributed by atoms with Crippen molar-refractivity contribution < 1.29 is 29.3 Å². The molecule has 7 nitrogen and oxygen atoms in total. The minimum absolute atomic E-state index is 0.00762. The van der Waals surface area contributed by atoms with E-state index >= 15 is 0 Å². The summed E-state index contributed by atoms with van der Waals surface area (Å²) < 4.78 is 5.35. The third kappa shape index (κ3) is 2.18. The van der Waals surface area contributed by atoms with Gasteiger partial charge in [-0.25, -0.2) is 9.59 Å². The third-order valence-corrected chi connectivity index (χ3v) is 3.10. The summed E-state index contributed by atoms with van der Waals surface area (Å²) in [5.41, 5.74) is 0.265. The Labute approximate surface area is 114 Å². The fourth-order valence-corrected chi connectivity index (χ4v) is 2.01. The minimum Gasteiger partial charge on any atom is -0.480 e. The van der Waals surface area contributed by atoms with Gasteiger partial charge >= 0.3 is 11.9 Å². The smallest absolute Gasteiger partial charge is 0.335 e. The van der Waals surface area contributed by atoms with E-state index in [1.807, 2.05) is 0 Å². The molecule has 0 fully saturated rings. The molecule has 0 saturated carbocycles. The van der Waals surface area contributed by atoms with Gasteiger partial charge in [0.15, 0.2) is 6.10 Å². The zero-order chi connectivity index (χ0) is 15.0. The number of fused-ring (bicyclic) bond motifs is 1. The van der Waals surface area contributed by atoms with E-state index in [0.717, 1.165) is 4.90 Å². The number of rotatable bonds is 3. The summed E-state index contributed by atoms with van der Waals surface area (Å²) >= 11 is 0. The van der Waals surface area contributed by atoms with Crippen molar-refractivity contribution in [2.45, 2.75) is 26.0 Å². The van der Waals surface area contributed by atoms with Crippen molar-refractivity contribution in [3.63, 3.8) is 0 Å². The molecule has 2 atom stereocenters. The first-order chi connectivity index (χ1) is 9.32. The Kier molecular flexibility index (Phi) is 3.35. The number of aromatic carboxylic acids is 1. The second kappa shape index (κ2) is 4.84. The van der Waals surface area contributed by atoms with E-state index in [1.165, 1.54) is 32.0 Å². The number of ether oxygens (including phenoxy) is 1. The van der Waals surface area contributed by atoms with Crippen LogP contribution in [0.5, 0.6) is 5.75 Å². The number of nitrogens with zero attached hydrogens (tertiary/aromatic N) is 1. The van der Waals surface area contributed by atoms with Crippen LogP contribution in [0.1, 0.15) is 24.2 Å². The van der Waals surface area contributed by atoms with Gasteiger partial charge in [0.25, 0.3) is 5.91 Å². The highest BCUT2D eigenvalue weighted by Crippen LogP contribution is 2.36. The van der Waals surface area contributed by atoms with Crippen LogP contribution < -0.4 is 9.64 Å². The Hall–Kier alpha value is -2.57. The van der Waals surface area contributed by atoms with Crippen LogP contribution in [0.4, 0.5) is 5.69 Å². The molecule has 20 heavy (non-hydrogen) atoms. The monoisotopic (exact) mass is 279 g/mol. The highest BCUT2D eigenvalue weighted by molar-refractivity contribution is 6.04. The van der Waals surface area contributed by atoms with Crippen LogP contribution >= 0.6 is 0 Å². The molecule has 0 bridgehead atoms. The lowest BCUT2D eigenvalue weighted by Gasteiger charge is -2.35. The van der Waals surface area contributed by atoms with E-state index in [2.05, 4.69) is 0 Å². The number of hydrogen-bond donors (Lipinski definition) is 2. The Morgan fingerprint density at radius 3 is 2.55 bits per heavy atom. The van der Waals surface area contributed by atoms with Gasteiger partial charge in [-0.1, -0.05) is 0 Å². The molecule has 1 aliphatic heterocycles. The second-order valence-corrected chi connectivity index (χ2v) is 4.47. The predicted octanol–water partition coefficient (Wildman–Crippen LogP) is 0.972. The molecule has 1 amide bonds. The molecular formula is C13H13NO6. The van der Waals surface area contributed by atoms with Gasteiger partial charge in [-0.05, 0) is 32.0 Å². The molecule has 0 aromatic heterocycles. The molecule has 0 radical (unpaired) electrons. The van der Waals surface area contributed by atoms with Gasteiger partial charge < -0.3 is 14.9 Å². The summed E-state index contributed by atoms with van der Waals surface area (Å²) in [4.78, 5) is 35.2. The van der Waals surface area contributed by atoms with Crippen LogP contribution in [0.3, 0.4) is 0 Å². The van der Waals surface area contributed by atoms with Crippen molar-refractivity contribution >= 4 is 23.5 Å². The Morgan fingerprint density at radius 1 is 1.35 bits per heavy atom. The van der Waals surface area contributed by atoms with Gasteiger partial charge in [0.05, 0.1) is 11.3 Å². The number of carbonyl (C=O) groups is 3. The SMILES string of the molecule is CC1Oc2cc(C(=O)O)ccc2N(C(C)C(=O)O)C1=O. The quantitative estimate of drug-likeness (QED) is 0.854. The highest BCUT2D eigenvalue weighted by atomic mass is 16.5. The summed E-state index contributed by atoms with van der Waals surface area (Å²) in [6.07, 6.45) is -0.867. The van der Waals surface area contributed by atoms with Crippen molar-refractivity contribution in [3.05, 3.63) is 23.8 Å². The molecule has 1 aromatic carbocycles. The molecule has 2 unspecified atom stereocenters. The van der Waals surface area contributed by atoms with Crippen molar-refractivity contribution in [3.8, 4) is 5.75 Å². The molecule has 1 aliphatic rings. The van der Waals surface area contributed by atoms with Gasteiger partial charge in [-0.3, -0.25) is 9.69 Å². The largest absolute Gasteiger partial charge is 0.480 e. The number of carboxylic acids is 2. The first-order valence-corrected chi connectivity index (χ1v) is 5.92. The van der Waals surface area contributed by atoms with Crippen molar-refractivity contribution in [1.82, 2.24) is 0 Å². The summed E-state index contributed by atoms with van der Waals surface area (Å²) in [5.74, 6) is -2.57. The average molecular weight is 279 g/mol. The van der Waals surface area contributed by atoms with E-state index in [-0.39, 0.29) is 17.0 Å². The summed E-state index contributed by atoms with van der Waals surface area (Å²) in [6, 6.07) is 2.89. The number of hydrogen-bond acceptors (Lipinski definition) is 4. The van der Waals surface area contributed by atoms with Crippen molar-refractivity contribution in [1.29, 1.82) is 0 Å². The Morgan fingerprint density at radius 2 is 2.00 bits per heavy atom. The van der Waals surface area contributed by atoms with Gasteiger partial charge in [0.1, 0.15) is 11.8 Å². The molecule has 7 heteroatoms. The average Bonchev–Trinajstić information content (AvgIpc) is 2.38. The molecule has 1 aromatic rings. The molecule has 0 aliphatic carbocycles. The Balaban J connectivity index is 2.53. The van der Waals surface area contributed by atoms with E-state index in [1.54, 1.807) is 0 Å². The van der Waals surface area contributed by atoms with Gasteiger partial charge in [-0.15, -0.1) is 0 Å². The summed E-state index contributed by atoms with van der Waals surface area (Å²) in [5, 5.41) is 18.0. The number of carbonyl (C=O) groups excluding carboxylic acids is 1. The lowest BCUT2D eigenvalue weighted by atomic mass is 10.1. The molecule has 2 N–H and O–H groups in total. The van der Waals surface area contributed by atoms with Gasteiger partial charge in [-0.2, -0.15) is 0 Å². The van der Waals surface area contributed by atoms with E-state index < -0.39 is 30.0 Å². The number of carboxylic acid groups (broad SMARTS) is 2. The highest BCUT2D eigenvalue weighted by Gasteiger charge is 2.37. The van der Waals surface area contributed by atoms with E-state index in [0.29, 0.717) is 0 Å². The lowest BCUT2D eigenvalue weighted by Crippen LogP contribution is -2.51. The maximum atomic E-state index is 12.1. The fraction of sp³-hybridized carbons (Fsp3) is 0.308. The van der Waals surface area contributed by atoms with E-state index in [4.69, 9.17) is 14.9 Å². The van der Waals surface area contributed by atoms with Crippen LogP contribution in [0.2, 0.25) is 0 Å². The summed E-state index contributed by atoms with van der Waals surface area (Å²) in [6.45, 7) is 2.87. The maximum absolute atomic E-state index is 12.1. The number of anilines is 1. The predicted molar refractivity (Wildman–Crippen MR) is 68.1 cm³/mol. The molecule has 1 heterocycles. The number of amides is 1. The van der Waals surface area contributed by atoms with Crippen LogP contribution in [0, 0.1) is 0 Å².